The molecule has 3 aliphatic rings. The summed E-state index contributed by atoms with van der Waals surface area (Å²) in [7, 11) is 0. The van der Waals surface area contributed by atoms with E-state index < -0.39 is 11.9 Å². The van der Waals surface area contributed by atoms with Crippen LogP contribution in [0.3, 0.4) is 0 Å². The number of hydrogen-bond donors (Lipinski definition) is 2. The van der Waals surface area contributed by atoms with Gasteiger partial charge in [0, 0.05) is 43.5 Å². The Balaban J connectivity index is 1.24. The number of ether oxygens (including phenoxy) is 1. The molecule has 2 aromatic rings. The number of carbonyl (C=O) groups is 3. The molecule has 3 atom stereocenters. The number of pyridine rings is 1. The minimum absolute atomic E-state index is 0.0678. The molecular formula is C24H26N4O4. The average molecular weight is 434 g/mol. The van der Waals surface area contributed by atoms with Crippen LogP contribution in [0, 0.1) is 0 Å². The third-order valence-electron chi connectivity index (χ3n) is 6.55. The van der Waals surface area contributed by atoms with Crippen molar-refractivity contribution in [2.75, 3.05) is 0 Å². The molecule has 0 radical (unpaired) electrons. The molecule has 166 valence electrons. The molecule has 1 unspecified atom stereocenters. The summed E-state index contributed by atoms with van der Waals surface area (Å²) in [5, 5.41) is 5.93. The fourth-order valence-electron chi connectivity index (χ4n) is 4.85. The van der Waals surface area contributed by atoms with E-state index in [4.69, 9.17) is 4.74 Å². The van der Waals surface area contributed by atoms with Crippen LogP contribution in [0.5, 0.6) is 5.75 Å². The van der Waals surface area contributed by atoms with Crippen molar-refractivity contribution in [1.82, 2.24) is 20.5 Å². The molecule has 0 spiro atoms. The third-order valence-corrected chi connectivity index (χ3v) is 6.55. The van der Waals surface area contributed by atoms with Crippen LogP contribution >= 0.6 is 0 Å². The molecule has 1 aromatic carbocycles. The van der Waals surface area contributed by atoms with Gasteiger partial charge in [0.05, 0.1) is 0 Å². The van der Waals surface area contributed by atoms with Crippen molar-refractivity contribution in [1.29, 1.82) is 0 Å². The van der Waals surface area contributed by atoms with Gasteiger partial charge in [-0.3, -0.25) is 24.7 Å². The summed E-state index contributed by atoms with van der Waals surface area (Å²) in [5.74, 6) is -0.106. The fourth-order valence-corrected chi connectivity index (χ4v) is 4.85. The van der Waals surface area contributed by atoms with E-state index in [9.17, 15) is 14.4 Å². The number of piperidine rings is 1. The van der Waals surface area contributed by atoms with E-state index in [0.29, 0.717) is 18.5 Å². The molecule has 0 bridgehead atoms. The molecule has 8 heteroatoms. The first kappa shape index (κ1) is 20.6. The number of aromatic nitrogens is 1. The minimum atomic E-state index is -0.603. The first-order chi connectivity index (χ1) is 15.6. The Morgan fingerprint density at radius 1 is 1.09 bits per heavy atom. The second-order valence-corrected chi connectivity index (χ2v) is 8.65. The van der Waals surface area contributed by atoms with E-state index in [0.717, 1.165) is 37.1 Å². The summed E-state index contributed by atoms with van der Waals surface area (Å²) in [6.07, 6.45) is 7.41. The van der Waals surface area contributed by atoms with Crippen LogP contribution in [-0.2, 0) is 22.7 Å². The Labute approximate surface area is 186 Å². The molecule has 3 amide bonds. The molecule has 1 aliphatic carbocycles. The van der Waals surface area contributed by atoms with Gasteiger partial charge in [0.1, 0.15) is 17.9 Å². The SMILES string of the molecule is O=C1CCC(N2Cc3cc(O[C@H]4CCC[C@@H]4NCc4ccncc4)ccc3C2=O)C(=O)N1. The van der Waals surface area contributed by atoms with Gasteiger partial charge in [-0.15, -0.1) is 0 Å². The van der Waals surface area contributed by atoms with Crippen molar-refractivity contribution in [3.8, 4) is 5.75 Å². The Bertz CT molecular complexity index is 1040. The Kier molecular flexibility index (Phi) is 5.61. The van der Waals surface area contributed by atoms with E-state index in [2.05, 4.69) is 15.6 Å². The zero-order valence-corrected chi connectivity index (χ0v) is 17.8. The number of benzene rings is 1. The zero-order chi connectivity index (χ0) is 22.1. The Hall–Kier alpha value is -3.26. The second kappa shape index (κ2) is 8.70. The smallest absolute Gasteiger partial charge is 0.255 e. The summed E-state index contributed by atoms with van der Waals surface area (Å²) in [6.45, 7) is 1.12. The van der Waals surface area contributed by atoms with Gasteiger partial charge in [0.25, 0.3) is 5.91 Å². The summed E-state index contributed by atoms with van der Waals surface area (Å²) in [5.41, 5.74) is 2.65. The van der Waals surface area contributed by atoms with Crippen LogP contribution in [0.2, 0.25) is 0 Å². The van der Waals surface area contributed by atoms with Gasteiger partial charge in [-0.1, -0.05) is 0 Å². The lowest BCUT2D eigenvalue weighted by Gasteiger charge is -2.29. The van der Waals surface area contributed by atoms with Crippen molar-refractivity contribution in [3.05, 3.63) is 59.4 Å². The highest BCUT2D eigenvalue weighted by Crippen LogP contribution is 2.32. The molecular weight excluding hydrogens is 408 g/mol. The number of rotatable bonds is 6. The van der Waals surface area contributed by atoms with Crippen molar-refractivity contribution < 1.29 is 19.1 Å². The van der Waals surface area contributed by atoms with Crippen LogP contribution in [0.1, 0.15) is 53.6 Å². The van der Waals surface area contributed by atoms with Crippen LogP contribution in [0.4, 0.5) is 0 Å². The predicted molar refractivity (Wildman–Crippen MR) is 116 cm³/mol. The normalized spacial score (nSPS) is 25.1. The van der Waals surface area contributed by atoms with Crippen molar-refractivity contribution >= 4 is 17.7 Å². The van der Waals surface area contributed by atoms with E-state index >= 15 is 0 Å². The summed E-state index contributed by atoms with van der Waals surface area (Å²) < 4.78 is 6.32. The molecule has 1 saturated carbocycles. The van der Waals surface area contributed by atoms with Crippen LogP contribution in [0.15, 0.2) is 42.7 Å². The number of carbonyl (C=O) groups excluding carboxylic acids is 3. The number of nitrogens with one attached hydrogen (secondary N) is 2. The second-order valence-electron chi connectivity index (χ2n) is 8.65. The zero-order valence-electron chi connectivity index (χ0n) is 17.8. The first-order valence-corrected chi connectivity index (χ1v) is 11.1. The monoisotopic (exact) mass is 434 g/mol. The summed E-state index contributed by atoms with van der Waals surface area (Å²) in [4.78, 5) is 42.1. The lowest BCUT2D eigenvalue weighted by atomic mass is 10.0. The number of imide groups is 1. The molecule has 2 N–H and O–H groups in total. The van der Waals surface area contributed by atoms with Crippen molar-refractivity contribution in [3.63, 3.8) is 0 Å². The van der Waals surface area contributed by atoms with Crippen LogP contribution < -0.4 is 15.4 Å². The summed E-state index contributed by atoms with van der Waals surface area (Å²) >= 11 is 0. The number of amides is 3. The van der Waals surface area contributed by atoms with Gasteiger partial charge < -0.3 is 15.0 Å². The van der Waals surface area contributed by atoms with Crippen molar-refractivity contribution in [2.24, 2.45) is 0 Å². The maximum atomic E-state index is 12.9. The van der Waals surface area contributed by atoms with E-state index in [1.165, 1.54) is 5.56 Å². The molecule has 5 rings (SSSR count). The first-order valence-electron chi connectivity index (χ1n) is 11.1. The van der Waals surface area contributed by atoms with Gasteiger partial charge in [-0.05, 0) is 67.1 Å². The highest BCUT2D eigenvalue weighted by Gasteiger charge is 2.39. The number of fused-ring (bicyclic) bond motifs is 1. The third kappa shape index (κ3) is 4.10. The fraction of sp³-hybridized carbons (Fsp3) is 0.417. The number of nitrogens with zero attached hydrogens (tertiary/aromatic N) is 2. The standard InChI is InChI=1S/C24H26N4O4/c29-22-7-6-20(23(30)27-22)28-14-16-12-17(4-5-18(16)24(28)31)32-21-3-1-2-19(21)26-13-15-8-10-25-11-9-15/h4-5,8-12,19-21,26H,1-3,6-7,13-14H2,(H,27,29,30)/t19-,20?,21-/m0/s1. The van der Waals surface area contributed by atoms with Gasteiger partial charge in [-0.2, -0.15) is 0 Å². The molecule has 32 heavy (non-hydrogen) atoms. The molecule has 2 aliphatic heterocycles. The lowest BCUT2D eigenvalue weighted by Crippen LogP contribution is -2.52. The van der Waals surface area contributed by atoms with Crippen LogP contribution in [-0.4, -0.2) is 45.8 Å². The quantitative estimate of drug-likeness (QED) is 0.674. The topological polar surface area (TPSA) is 101 Å². The summed E-state index contributed by atoms with van der Waals surface area (Å²) in [6, 6.07) is 9.20. The maximum Gasteiger partial charge on any atom is 0.255 e. The Morgan fingerprint density at radius 3 is 2.75 bits per heavy atom. The largest absolute Gasteiger partial charge is 0.489 e. The van der Waals surface area contributed by atoms with Gasteiger partial charge in [0.15, 0.2) is 0 Å². The maximum absolute atomic E-state index is 12.9. The van der Waals surface area contributed by atoms with Gasteiger partial charge >= 0.3 is 0 Å². The minimum Gasteiger partial charge on any atom is -0.489 e. The molecule has 3 heterocycles. The van der Waals surface area contributed by atoms with Gasteiger partial charge in [-0.25, -0.2) is 0 Å². The van der Waals surface area contributed by atoms with E-state index in [-0.39, 0.29) is 30.4 Å². The van der Waals surface area contributed by atoms with Crippen molar-refractivity contribution in [2.45, 2.75) is 63.4 Å². The molecule has 8 nitrogen and oxygen atoms in total. The highest BCUT2D eigenvalue weighted by atomic mass is 16.5. The Morgan fingerprint density at radius 2 is 1.94 bits per heavy atom. The molecule has 1 saturated heterocycles. The molecule has 1 aromatic heterocycles. The molecule has 2 fully saturated rings. The lowest BCUT2D eigenvalue weighted by molar-refractivity contribution is -0.136. The van der Waals surface area contributed by atoms with Gasteiger partial charge in [0.2, 0.25) is 11.8 Å². The van der Waals surface area contributed by atoms with Crippen LogP contribution in [0.25, 0.3) is 0 Å². The highest BCUT2D eigenvalue weighted by molar-refractivity contribution is 6.05. The predicted octanol–water partition coefficient (Wildman–Crippen LogP) is 1.93. The number of hydrogen-bond acceptors (Lipinski definition) is 6. The van der Waals surface area contributed by atoms with E-state index in [1.807, 2.05) is 24.3 Å². The average Bonchev–Trinajstić information content (AvgIpc) is 3.37. The van der Waals surface area contributed by atoms with E-state index in [1.54, 1.807) is 23.4 Å².